The fourth-order valence-corrected chi connectivity index (χ4v) is 3.52. The van der Waals surface area contributed by atoms with Crippen LogP contribution in [0.4, 0.5) is 0 Å². The van der Waals surface area contributed by atoms with E-state index in [0.29, 0.717) is 11.6 Å². The van der Waals surface area contributed by atoms with Crippen molar-refractivity contribution in [2.75, 3.05) is 14.1 Å². The Kier molecular flexibility index (Phi) is 7.42. The predicted octanol–water partition coefficient (Wildman–Crippen LogP) is 6.06. The van der Waals surface area contributed by atoms with Gasteiger partial charge in [0.1, 0.15) is 11.5 Å². The van der Waals surface area contributed by atoms with E-state index in [1.54, 1.807) is 7.05 Å². The Bertz CT molecular complexity index is 1110. The first kappa shape index (κ1) is 22.5. The molecule has 0 aliphatic rings. The smallest absolute Gasteiger partial charge is 0.133 e. The molecule has 0 bridgehead atoms. The van der Waals surface area contributed by atoms with Gasteiger partial charge in [0.25, 0.3) is 0 Å². The van der Waals surface area contributed by atoms with E-state index in [0.717, 1.165) is 39.4 Å². The third-order valence-corrected chi connectivity index (χ3v) is 5.03. The molecule has 2 aromatic carbocycles. The summed E-state index contributed by atoms with van der Waals surface area (Å²) in [5.74, 6) is 0.784. The highest BCUT2D eigenvalue weighted by Gasteiger charge is 2.15. The van der Waals surface area contributed by atoms with Crippen LogP contribution in [-0.4, -0.2) is 36.2 Å². The summed E-state index contributed by atoms with van der Waals surface area (Å²) in [4.78, 5) is 4.33. The molecule has 3 rings (SSSR count). The Morgan fingerprint density at radius 1 is 1.06 bits per heavy atom. The summed E-state index contributed by atoms with van der Waals surface area (Å²) in [7, 11) is 3.70. The fourth-order valence-electron chi connectivity index (χ4n) is 3.39. The van der Waals surface area contributed by atoms with Crippen LogP contribution in [0, 0.1) is 13.8 Å². The number of allylic oxidation sites excluding steroid dienone is 2. The van der Waals surface area contributed by atoms with Crippen molar-refractivity contribution in [2.45, 2.75) is 27.3 Å². The zero-order valence-corrected chi connectivity index (χ0v) is 19.3. The van der Waals surface area contributed by atoms with Gasteiger partial charge in [0, 0.05) is 42.5 Å². The SMILES string of the molecule is CN=C/C(=C(\C(C)=N\N(C)Cc1cc(C)on1)c1ccc(Cl)cc1)c1ccc(C)cc1. The molecular formula is C25H27ClN4O. The standard InChI is InChI=1S/C25H27ClN4O/c1-17-6-8-20(9-7-17)24(15-27-4)25(21-10-12-22(26)13-11-21)19(3)28-30(5)16-23-14-18(2)31-29-23/h6-15H,16H2,1-5H3/b25-24-,27-15?,28-19+. The molecule has 0 saturated carbocycles. The lowest BCUT2D eigenvalue weighted by molar-refractivity contribution is 0.323. The van der Waals surface area contributed by atoms with Crippen LogP contribution in [0.25, 0.3) is 11.1 Å². The molecule has 0 amide bonds. The lowest BCUT2D eigenvalue weighted by Crippen LogP contribution is -2.15. The summed E-state index contributed by atoms with van der Waals surface area (Å²) >= 11 is 6.15. The Morgan fingerprint density at radius 3 is 2.29 bits per heavy atom. The predicted molar refractivity (Wildman–Crippen MR) is 130 cm³/mol. The molecule has 31 heavy (non-hydrogen) atoms. The highest BCUT2D eigenvalue weighted by molar-refractivity contribution is 6.38. The molecular weight excluding hydrogens is 408 g/mol. The largest absolute Gasteiger partial charge is 0.361 e. The lowest BCUT2D eigenvalue weighted by Gasteiger charge is -2.18. The van der Waals surface area contributed by atoms with E-state index >= 15 is 0 Å². The Hall–Kier alpha value is -3.18. The second kappa shape index (κ2) is 10.2. The second-order valence-corrected chi connectivity index (χ2v) is 7.92. The number of aryl methyl sites for hydroxylation is 2. The summed E-state index contributed by atoms with van der Waals surface area (Å²) in [5.41, 5.74) is 6.99. The van der Waals surface area contributed by atoms with Gasteiger partial charge in [0.15, 0.2) is 0 Å². The molecule has 0 atom stereocenters. The first-order valence-corrected chi connectivity index (χ1v) is 10.4. The number of halogens is 1. The molecule has 1 heterocycles. The van der Waals surface area contributed by atoms with Gasteiger partial charge in [0.05, 0.1) is 12.3 Å². The zero-order chi connectivity index (χ0) is 22.4. The van der Waals surface area contributed by atoms with Crippen molar-refractivity contribution < 1.29 is 4.52 Å². The Balaban J connectivity index is 2.10. The number of nitrogens with zero attached hydrogens (tertiary/aromatic N) is 4. The van der Waals surface area contributed by atoms with Crippen LogP contribution in [0.1, 0.15) is 35.1 Å². The fraction of sp³-hybridized carbons (Fsp3) is 0.240. The van der Waals surface area contributed by atoms with Crippen molar-refractivity contribution in [3.63, 3.8) is 0 Å². The normalized spacial score (nSPS) is 12.9. The number of hydrazone groups is 1. The van der Waals surface area contributed by atoms with Crippen LogP contribution in [0.15, 0.2) is 69.2 Å². The van der Waals surface area contributed by atoms with Crippen LogP contribution >= 0.6 is 11.6 Å². The number of hydrogen-bond acceptors (Lipinski definition) is 5. The van der Waals surface area contributed by atoms with Crippen molar-refractivity contribution >= 4 is 34.7 Å². The Morgan fingerprint density at radius 2 is 1.71 bits per heavy atom. The molecule has 6 heteroatoms. The van der Waals surface area contributed by atoms with Gasteiger partial charge in [-0.1, -0.05) is 58.7 Å². The van der Waals surface area contributed by atoms with Crippen LogP contribution < -0.4 is 0 Å². The quantitative estimate of drug-likeness (QED) is 0.258. The maximum absolute atomic E-state index is 6.15. The molecule has 0 spiro atoms. The minimum absolute atomic E-state index is 0.546. The van der Waals surface area contributed by atoms with Crippen LogP contribution in [0.2, 0.25) is 5.02 Å². The van der Waals surface area contributed by atoms with E-state index in [1.807, 2.05) is 62.5 Å². The van der Waals surface area contributed by atoms with Crippen LogP contribution in [0.3, 0.4) is 0 Å². The van der Waals surface area contributed by atoms with Gasteiger partial charge in [-0.15, -0.1) is 0 Å². The molecule has 0 N–H and O–H groups in total. The summed E-state index contributed by atoms with van der Waals surface area (Å²) in [6, 6.07) is 18.1. The minimum atomic E-state index is 0.546. The summed E-state index contributed by atoms with van der Waals surface area (Å²) in [6.45, 7) is 6.51. The minimum Gasteiger partial charge on any atom is -0.361 e. The summed E-state index contributed by atoms with van der Waals surface area (Å²) in [5, 5.41) is 11.5. The third kappa shape index (κ3) is 5.92. The maximum Gasteiger partial charge on any atom is 0.133 e. The molecule has 0 unspecified atom stereocenters. The topological polar surface area (TPSA) is 54.0 Å². The number of aliphatic imine (C=N–C) groups is 1. The van der Waals surface area contributed by atoms with Gasteiger partial charge in [0.2, 0.25) is 0 Å². The van der Waals surface area contributed by atoms with Gasteiger partial charge in [-0.2, -0.15) is 5.10 Å². The van der Waals surface area contributed by atoms with Crippen LogP contribution in [0.5, 0.6) is 0 Å². The van der Waals surface area contributed by atoms with Crippen molar-refractivity contribution in [3.8, 4) is 0 Å². The monoisotopic (exact) mass is 434 g/mol. The van der Waals surface area contributed by atoms with Crippen molar-refractivity contribution in [2.24, 2.45) is 10.1 Å². The molecule has 0 radical (unpaired) electrons. The van der Waals surface area contributed by atoms with E-state index in [2.05, 4.69) is 41.3 Å². The summed E-state index contributed by atoms with van der Waals surface area (Å²) in [6.07, 6.45) is 1.88. The Labute approximate surface area is 188 Å². The average Bonchev–Trinajstić information content (AvgIpc) is 3.14. The highest BCUT2D eigenvalue weighted by Crippen LogP contribution is 2.28. The van der Waals surface area contributed by atoms with Crippen molar-refractivity contribution in [1.82, 2.24) is 10.2 Å². The van der Waals surface area contributed by atoms with E-state index < -0.39 is 0 Å². The first-order valence-electron chi connectivity index (χ1n) is 10.1. The van der Waals surface area contributed by atoms with Gasteiger partial charge in [-0.05, 0) is 44.0 Å². The van der Waals surface area contributed by atoms with Crippen LogP contribution in [-0.2, 0) is 6.54 Å². The highest BCUT2D eigenvalue weighted by atomic mass is 35.5. The summed E-state index contributed by atoms with van der Waals surface area (Å²) < 4.78 is 5.17. The van der Waals surface area contributed by atoms with E-state index in [4.69, 9.17) is 21.2 Å². The zero-order valence-electron chi connectivity index (χ0n) is 18.6. The van der Waals surface area contributed by atoms with Gasteiger partial charge in [-0.25, -0.2) is 0 Å². The molecule has 0 fully saturated rings. The second-order valence-electron chi connectivity index (χ2n) is 7.48. The maximum atomic E-state index is 6.15. The number of rotatable bonds is 7. The molecule has 1 aromatic heterocycles. The average molecular weight is 435 g/mol. The molecule has 3 aromatic rings. The van der Waals surface area contributed by atoms with Crippen molar-refractivity contribution in [3.05, 3.63) is 87.8 Å². The van der Waals surface area contributed by atoms with Gasteiger partial charge in [-0.3, -0.25) is 10.0 Å². The van der Waals surface area contributed by atoms with E-state index in [1.165, 1.54) is 5.56 Å². The third-order valence-electron chi connectivity index (χ3n) is 4.77. The molecule has 160 valence electrons. The van der Waals surface area contributed by atoms with E-state index in [-0.39, 0.29) is 0 Å². The number of benzene rings is 2. The first-order chi connectivity index (χ1) is 14.9. The number of hydrogen-bond donors (Lipinski definition) is 0. The molecule has 0 aliphatic carbocycles. The van der Waals surface area contributed by atoms with Gasteiger partial charge >= 0.3 is 0 Å². The van der Waals surface area contributed by atoms with Gasteiger partial charge < -0.3 is 4.52 Å². The van der Waals surface area contributed by atoms with E-state index in [9.17, 15) is 0 Å². The van der Waals surface area contributed by atoms with Crippen molar-refractivity contribution in [1.29, 1.82) is 0 Å². The molecule has 5 nitrogen and oxygen atoms in total. The molecule has 0 aliphatic heterocycles. The molecule has 0 saturated heterocycles. The lowest BCUT2D eigenvalue weighted by atomic mass is 9.92. The number of aromatic nitrogens is 1.